The lowest BCUT2D eigenvalue weighted by molar-refractivity contribution is -0.385. The fourth-order valence-corrected chi connectivity index (χ4v) is 11.0. The molecule has 1 aliphatic heterocycles. The normalized spacial score (nSPS) is 16.3. The van der Waals surface area contributed by atoms with Gasteiger partial charge >= 0.3 is 6.09 Å². The number of amides is 1. The van der Waals surface area contributed by atoms with Gasteiger partial charge in [-0.2, -0.15) is 9.97 Å². The van der Waals surface area contributed by atoms with Crippen LogP contribution in [0, 0.1) is 30.3 Å². The molecular formula is C60H62N9O15P. The van der Waals surface area contributed by atoms with Gasteiger partial charge in [-0.3, -0.25) is 40.2 Å². The van der Waals surface area contributed by atoms with Crippen LogP contribution in [0.2, 0.25) is 0 Å². The van der Waals surface area contributed by atoms with E-state index in [9.17, 15) is 35.1 Å². The molecule has 1 unspecified atom stereocenters. The van der Waals surface area contributed by atoms with Crippen molar-refractivity contribution < 1.29 is 57.0 Å². The molecule has 1 aliphatic rings. The fraction of sp³-hybridized carbons (Fsp3) is 0.300. The largest absolute Gasteiger partial charge is 0.497 e. The Kier molecular flexibility index (Phi) is 20.1. The van der Waals surface area contributed by atoms with Crippen LogP contribution in [0.15, 0.2) is 164 Å². The summed E-state index contributed by atoms with van der Waals surface area (Å²) >= 11 is 0. The molecule has 3 heterocycles. The number of nitro benzene ring substituents is 3. The summed E-state index contributed by atoms with van der Waals surface area (Å²) in [6, 6.07) is 45.5. The number of imidazole rings is 1. The highest BCUT2D eigenvalue weighted by Crippen LogP contribution is 2.50. The number of benzene rings is 6. The molecule has 8 aromatic rings. The average molecular weight is 1180 g/mol. The Morgan fingerprint density at radius 3 is 1.72 bits per heavy atom. The highest BCUT2D eigenvalue weighted by atomic mass is 31.2. The quantitative estimate of drug-likeness (QED) is 0.0206. The van der Waals surface area contributed by atoms with Crippen molar-refractivity contribution in [3.05, 3.63) is 228 Å². The van der Waals surface area contributed by atoms with Crippen molar-refractivity contribution in [2.75, 3.05) is 53.0 Å². The first-order valence-electron chi connectivity index (χ1n) is 27.1. The lowest BCUT2D eigenvalue weighted by Crippen LogP contribution is -2.41. The number of aromatic nitrogens is 4. The summed E-state index contributed by atoms with van der Waals surface area (Å²) in [5.41, 5.74) is 3.63. The van der Waals surface area contributed by atoms with Crippen molar-refractivity contribution in [3.8, 4) is 11.6 Å². The average Bonchev–Trinajstić information content (AvgIpc) is 3.04. The molecule has 0 bridgehead atoms. The van der Waals surface area contributed by atoms with Gasteiger partial charge in [-0.1, -0.05) is 109 Å². The second-order valence-electron chi connectivity index (χ2n) is 19.8. The van der Waals surface area contributed by atoms with E-state index in [0.717, 1.165) is 27.8 Å². The van der Waals surface area contributed by atoms with E-state index in [2.05, 4.69) is 10.3 Å². The second kappa shape index (κ2) is 28.1. The van der Waals surface area contributed by atoms with Gasteiger partial charge in [0, 0.05) is 62.4 Å². The summed E-state index contributed by atoms with van der Waals surface area (Å²) in [5.74, 6) is 0.403. The number of carbonyl (C=O) groups excluding carboxylic acids is 1. The van der Waals surface area contributed by atoms with Crippen LogP contribution in [0.3, 0.4) is 0 Å². The Balaban J connectivity index is 1.08. The number of nitrogens with one attached hydrogen (secondary N) is 1. The van der Waals surface area contributed by atoms with Gasteiger partial charge in [0.2, 0.25) is 11.8 Å². The number of hydrogen-bond donors (Lipinski definition) is 1. The maximum atomic E-state index is 13.5. The predicted molar refractivity (Wildman–Crippen MR) is 313 cm³/mol. The standard InChI is InChI=1S/C60H62N9O15P/c1-40(2)65(3)85(82-37-34-43-20-28-49(29-21-43)69(75)76)84-53-51(38-81-60(44-12-8-6-9-13-44,45-14-10-7-11-15-45)46-22-30-50(77-4)31-23-46)83-57(54(53)78-5)66-39-61-52-55(66)62-58(63-56(52)79-35-32-41-16-24-47(25-17-41)67(71)72)64-59(70)80-36-33-42-18-26-48(27-19-42)68(73)74/h6-31,39-40,51,53-54,57H,32-38H2,1-5H3,(H,62,63,64,70)/t51-,53-,54-,57-,85?/m1/s1. The predicted octanol–water partition coefficient (Wildman–Crippen LogP) is 11.1. The summed E-state index contributed by atoms with van der Waals surface area (Å²) in [7, 11) is 3.12. The molecule has 24 nitrogen and oxygen atoms in total. The zero-order valence-electron chi connectivity index (χ0n) is 47.1. The van der Waals surface area contributed by atoms with Crippen LogP contribution in [0.4, 0.5) is 27.8 Å². The highest BCUT2D eigenvalue weighted by Gasteiger charge is 2.51. The Bertz CT molecular complexity index is 3490. The van der Waals surface area contributed by atoms with Crippen LogP contribution in [-0.4, -0.2) is 117 Å². The van der Waals surface area contributed by atoms with Crippen molar-refractivity contribution in [1.29, 1.82) is 0 Å². The molecule has 1 amide bonds. The van der Waals surface area contributed by atoms with Crippen molar-refractivity contribution in [3.63, 3.8) is 0 Å². The van der Waals surface area contributed by atoms with Crippen LogP contribution in [0.1, 0.15) is 53.5 Å². The molecule has 0 radical (unpaired) electrons. The third kappa shape index (κ3) is 14.6. The zero-order valence-corrected chi connectivity index (χ0v) is 48.0. The molecule has 1 saturated heterocycles. The van der Waals surface area contributed by atoms with E-state index in [1.807, 2.05) is 110 Å². The van der Waals surface area contributed by atoms with Crippen molar-refractivity contribution in [2.24, 2.45) is 0 Å². The van der Waals surface area contributed by atoms with Gasteiger partial charge in [-0.25, -0.2) is 14.4 Å². The smallest absolute Gasteiger partial charge is 0.414 e. The summed E-state index contributed by atoms with van der Waals surface area (Å²) in [6.07, 6.45) is -2.32. The van der Waals surface area contributed by atoms with Gasteiger partial charge in [0.1, 0.15) is 29.7 Å². The third-order valence-corrected chi connectivity index (χ3v) is 16.1. The number of nitrogens with zero attached hydrogens (tertiary/aromatic N) is 8. The molecule has 25 heteroatoms. The number of fused-ring (bicyclic) bond motifs is 1. The van der Waals surface area contributed by atoms with E-state index in [-0.39, 0.29) is 78.9 Å². The minimum Gasteiger partial charge on any atom is -0.497 e. The topological polar surface area (TPSA) is 279 Å². The maximum Gasteiger partial charge on any atom is 0.414 e. The van der Waals surface area contributed by atoms with E-state index < -0.39 is 59.5 Å². The van der Waals surface area contributed by atoms with E-state index in [4.69, 9.17) is 47.4 Å². The minimum atomic E-state index is -1.90. The van der Waals surface area contributed by atoms with Crippen LogP contribution in [0.25, 0.3) is 11.2 Å². The SMILES string of the molecule is COc1ccc(C(OC[C@H]2O[C@@H](n3cnc4c(OCCc5ccc([N+](=O)[O-])cc5)nc(NC(=O)OCCc5ccc([N+](=O)[O-])cc5)nc43)[C@H](OC)[C@@H]2OP(OCCc2ccc([N+](=O)[O-])cc2)N(C)C(C)C)(c2ccccc2)c2ccccc2)cc1. The molecule has 85 heavy (non-hydrogen) atoms. The first kappa shape index (κ1) is 60.7. The third-order valence-electron chi connectivity index (χ3n) is 14.3. The van der Waals surface area contributed by atoms with Gasteiger partial charge in [-0.05, 0) is 72.8 Å². The number of anilines is 1. The number of methoxy groups -OCH3 is 2. The van der Waals surface area contributed by atoms with E-state index in [1.54, 1.807) is 48.1 Å². The first-order valence-corrected chi connectivity index (χ1v) is 28.2. The number of non-ortho nitro benzene ring substituents is 3. The van der Waals surface area contributed by atoms with E-state index >= 15 is 0 Å². The van der Waals surface area contributed by atoms with E-state index in [0.29, 0.717) is 24.2 Å². The van der Waals surface area contributed by atoms with Crippen molar-refractivity contribution >= 4 is 48.8 Å². The Morgan fingerprint density at radius 1 is 0.694 bits per heavy atom. The number of rotatable bonds is 28. The fourth-order valence-electron chi connectivity index (χ4n) is 9.54. The number of nitro groups is 3. The highest BCUT2D eigenvalue weighted by molar-refractivity contribution is 7.44. The molecule has 1 N–H and O–H groups in total. The zero-order chi connectivity index (χ0) is 60.0. The molecule has 0 aliphatic carbocycles. The summed E-state index contributed by atoms with van der Waals surface area (Å²) in [5, 5.41) is 36.6. The van der Waals surface area contributed by atoms with Crippen molar-refractivity contribution in [1.82, 2.24) is 24.2 Å². The van der Waals surface area contributed by atoms with Crippen LogP contribution < -0.4 is 14.8 Å². The molecule has 6 aromatic carbocycles. The van der Waals surface area contributed by atoms with Gasteiger partial charge < -0.3 is 37.5 Å². The lowest BCUT2D eigenvalue weighted by atomic mass is 9.80. The molecule has 0 spiro atoms. The maximum absolute atomic E-state index is 13.5. The molecule has 442 valence electrons. The van der Waals surface area contributed by atoms with Gasteiger partial charge in [0.05, 0.1) is 54.6 Å². The minimum absolute atomic E-state index is 0.0232. The van der Waals surface area contributed by atoms with E-state index in [1.165, 1.54) is 49.8 Å². The number of ether oxygens (including phenoxy) is 6. The van der Waals surface area contributed by atoms with Gasteiger partial charge in [-0.15, -0.1) is 0 Å². The Hall–Kier alpha value is -8.87. The molecule has 0 saturated carbocycles. The second-order valence-corrected chi connectivity index (χ2v) is 21.4. The van der Waals surface area contributed by atoms with Crippen LogP contribution >= 0.6 is 8.53 Å². The summed E-state index contributed by atoms with van der Waals surface area (Å²) in [6.45, 7) is 4.03. The lowest BCUT2D eigenvalue weighted by Gasteiger charge is -2.38. The number of carbonyl (C=O) groups is 1. The molecule has 1 fully saturated rings. The molecule has 5 atom stereocenters. The monoisotopic (exact) mass is 1180 g/mol. The van der Waals surface area contributed by atoms with Crippen molar-refractivity contribution in [2.45, 2.75) is 69.3 Å². The Morgan fingerprint density at radius 2 is 1.21 bits per heavy atom. The molecule has 2 aromatic heterocycles. The van der Waals surface area contributed by atoms with Gasteiger partial charge in [0.15, 0.2) is 17.4 Å². The van der Waals surface area contributed by atoms with Crippen LogP contribution in [-0.2, 0) is 52.9 Å². The summed E-state index contributed by atoms with van der Waals surface area (Å²) < 4.78 is 55.9. The Labute approximate surface area is 490 Å². The van der Waals surface area contributed by atoms with Crippen LogP contribution in [0.5, 0.6) is 11.6 Å². The first-order chi connectivity index (χ1) is 41.1. The molecular weight excluding hydrogens is 1120 g/mol. The summed E-state index contributed by atoms with van der Waals surface area (Å²) in [4.78, 5) is 60.1. The van der Waals surface area contributed by atoms with Gasteiger partial charge in [0.25, 0.3) is 25.6 Å². The number of hydrogen-bond acceptors (Lipinski definition) is 19. The molecule has 9 rings (SSSR count).